The standard InChI is InChI=1S/C18H25N5OS/c1-3-23-16(15-8-10-19-11-9-15)20-21-18(23)25-14(2)17(24)22-12-6-4-5-7-13-22/h8-11,14H,3-7,12-13H2,1-2H3/t14-/m1/s1. The lowest BCUT2D eigenvalue weighted by atomic mass is 10.2. The fraction of sp³-hybridized carbons (Fsp3) is 0.556. The summed E-state index contributed by atoms with van der Waals surface area (Å²) >= 11 is 1.50. The fourth-order valence-corrected chi connectivity index (χ4v) is 4.13. The summed E-state index contributed by atoms with van der Waals surface area (Å²) in [6, 6.07) is 3.85. The largest absolute Gasteiger partial charge is 0.342 e. The van der Waals surface area contributed by atoms with Gasteiger partial charge in [-0.2, -0.15) is 0 Å². The van der Waals surface area contributed by atoms with Gasteiger partial charge in [-0.25, -0.2) is 0 Å². The summed E-state index contributed by atoms with van der Waals surface area (Å²) in [4.78, 5) is 18.8. The van der Waals surface area contributed by atoms with Crippen molar-refractivity contribution in [3.63, 3.8) is 0 Å². The number of amides is 1. The van der Waals surface area contributed by atoms with E-state index in [2.05, 4.69) is 26.7 Å². The number of carbonyl (C=O) groups excluding carboxylic acids is 1. The Kier molecular flexibility index (Phi) is 6.07. The van der Waals surface area contributed by atoms with Crippen LogP contribution in [0.15, 0.2) is 29.7 Å². The summed E-state index contributed by atoms with van der Waals surface area (Å²) in [5, 5.41) is 9.31. The first-order valence-corrected chi connectivity index (χ1v) is 9.87. The number of hydrogen-bond acceptors (Lipinski definition) is 5. The van der Waals surface area contributed by atoms with E-state index in [4.69, 9.17) is 0 Å². The number of rotatable bonds is 5. The van der Waals surface area contributed by atoms with Crippen molar-refractivity contribution in [2.45, 2.75) is 56.5 Å². The lowest BCUT2D eigenvalue weighted by Crippen LogP contribution is -2.37. The number of aromatic nitrogens is 4. The van der Waals surface area contributed by atoms with E-state index < -0.39 is 0 Å². The molecule has 3 rings (SSSR count). The molecule has 0 bridgehead atoms. The monoisotopic (exact) mass is 359 g/mol. The number of likely N-dealkylation sites (tertiary alicyclic amines) is 1. The molecule has 1 fully saturated rings. The van der Waals surface area contributed by atoms with Crippen LogP contribution in [0.3, 0.4) is 0 Å². The van der Waals surface area contributed by atoms with Crippen LogP contribution in [0.5, 0.6) is 0 Å². The Hall–Kier alpha value is -1.89. The van der Waals surface area contributed by atoms with E-state index in [0.29, 0.717) is 0 Å². The SMILES string of the molecule is CCn1c(S[C@H](C)C(=O)N2CCCCCC2)nnc1-c1ccncc1. The minimum absolute atomic E-state index is 0.155. The number of thioether (sulfide) groups is 1. The molecular formula is C18H25N5OS. The zero-order valence-corrected chi connectivity index (χ0v) is 15.7. The van der Waals surface area contributed by atoms with Crippen molar-refractivity contribution in [2.24, 2.45) is 0 Å². The molecule has 2 aromatic heterocycles. The van der Waals surface area contributed by atoms with Crippen LogP contribution in [0.2, 0.25) is 0 Å². The Labute approximate surface area is 153 Å². The van der Waals surface area contributed by atoms with Gasteiger partial charge in [0.15, 0.2) is 11.0 Å². The van der Waals surface area contributed by atoms with Crippen LogP contribution in [-0.4, -0.2) is 48.9 Å². The van der Waals surface area contributed by atoms with Gasteiger partial charge >= 0.3 is 0 Å². The second-order valence-electron chi connectivity index (χ2n) is 6.29. The van der Waals surface area contributed by atoms with E-state index in [0.717, 1.165) is 49.0 Å². The zero-order valence-electron chi connectivity index (χ0n) is 14.9. The molecule has 0 spiro atoms. The average Bonchev–Trinajstić information content (AvgIpc) is 2.86. The first-order chi connectivity index (χ1) is 12.2. The lowest BCUT2D eigenvalue weighted by molar-refractivity contribution is -0.130. The van der Waals surface area contributed by atoms with Gasteiger partial charge in [0, 0.05) is 37.6 Å². The third kappa shape index (κ3) is 4.21. The molecule has 1 aliphatic heterocycles. The number of nitrogens with zero attached hydrogens (tertiary/aromatic N) is 5. The van der Waals surface area contributed by atoms with Gasteiger partial charge in [-0.3, -0.25) is 9.78 Å². The van der Waals surface area contributed by atoms with Gasteiger partial charge in [-0.15, -0.1) is 10.2 Å². The highest BCUT2D eigenvalue weighted by Gasteiger charge is 2.25. The Morgan fingerprint density at radius 1 is 1.16 bits per heavy atom. The molecule has 1 atom stereocenters. The maximum absolute atomic E-state index is 12.8. The van der Waals surface area contributed by atoms with Gasteiger partial charge in [0.25, 0.3) is 0 Å². The second kappa shape index (κ2) is 8.47. The first-order valence-electron chi connectivity index (χ1n) is 8.99. The minimum Gasteiger partial charge on any atom is -0.342 e. The predicted molar refractivity (Wildman–Crippen MR) is 99.3 cm³/mol. The summed E-state index contributed by atoms with van der Waals surface area (Å²) in [5.74, 6) is 1.03. The van der Waals surface area contributed by atoms with Crippen molar-refractivity contribution in [1.82, 2.24) is 24.6 Å². The minimum atomic E-state index is -0.155. The fourth-order valence-electron chi connectivity index (χ4n) is 3.13. The number of hydrogen-bond donors (Lipinski definition) is 0. The summed E-state index contributed by atoms with van der Waals surface area (Å²) in [6.45, 7) is 6.56. The molecule has 25 heavy (non-hydrogen) atoms. The molecule has 7 heteroatoms. The lowest BCUT2D eigenvalue weighted by Gasteiger charge is -2.23. The van der Waals surface area contributed by atoms with Crippen LogP contribution >= 0.6 is 11.8 Å². The molecule has 0 unspecified atom stereocenters. The molecule has 1 saturated heterocycles. The average molecular weight is 359 g/mol. The Balaban J connectivity index is 1.74. The molecule has 0 radical (unpaired) electrons. The molecule has 0 N–H and O–H groups in total. The number of carbonyl (C=O) groups is 1. The maximum Gasteiger partial charge on any atom is 0.235 e. The highest BCUT2D eigenvalue weighted by molar-refractivity contribution is 8.00. The molecule has 134 valence electrons. The van der Waals surface area contributed by atoms with Gasteiger partial charge in [0.05, 0.1) is 5.25 Å². The summed E-state index contributed by atoms with van der Waals surface area (Å²) in [7, 11) is 0. The van der Waals surface area contributed by atoms with Crippen molar-refractivity contribution in [3.05, 3.63) is 24.5 Å². The molecule has 0 aliphatic carbocycles. The molecule has 1 amide bonds. The van der Waals surface area contributed by atoms with E-state index in [-0.39, 0.29) is 11.2 Å². The zero-order chi connectivity index (χ0) is 17.6. The predicted octanol–water partition coefficient (Wildman–Crippen LogP) is 3.24. The third-order valence-electron chi connectivity index (χ3n) is 4.52. The molecule has 2 aromatic rings. The van der Waals surface area contributed by atoms with Crippen molar-refractivity contribution in [1.29, 1.82) is 0 Å². The van der Waals surface area contributed by atoms with Crippen LogP contribution in [0.25, 0.3) is 11.4 Å². The van der Waals surface area contributed by atoms with E-state index in [1.54, 1.807) is 12.4 Å². The normalized spacial score (nSPS) is 16.5. The summed E-state index contributed by atoms with van der Waals surface area (Å²) in [6.07, 6.45) is 8.18. The van der Waals surface area contributed by atoms with Crippen LogP contribution in [-0.2, 0) is 11.3 Å². The molecule has 3 heterocycles. The highest BCUT2D eigenvalue weighted by Crippen LogP contribution is 2.27. The molecule has 1 aliphatic rings. The smallest absolute Gasteiger partial charge is 0.235 e. The van der Waals surface area contributed by atoms with Gasteiger partial charge in [-0.05, 0) is 38.8 Å². The highest BCUT2D eigenvalue weighted by atomic mass is 32.2. The van der Waals surface area contributed by atoms with Crippen molar-refractivity contribution in [3.8, 4) is 11.4 Å². The van der Waals surface area contributed by atoms with Crippen LogP contribution in [0.4, 0.5) is 0 Å². The van der Waals surface area contributed by atoms with Crippen LogP contribution in [0, 0.1) is 0 Å². The summed E-state index contributed by atoms with van der Waals surface area (Å²) in [5.41, 5.74) is 0.989. The quantitative estimate of drug-likeness (QED) is 0.767. The van der Waals surface area contributed by atoms with E-state index in [1.165, 1.54) is 24.6 Å². The van der Waals surface area contributed by atoms with Crippen LogP contribution in [0.1, 0.15) is 39.5 Å². The second-order valence-corrected chi connectivity index (χ2v) is 7.59. The Morgan fingerprint density at radius 2 is 1.84 bits per heavy atom. The topological polar surface area (TPSA) is 63.9 Å². The van der Waals surface area contributed by atoms with Crippen LogP contribution < -0.4 is 0 Å². The first kappa shape index (κ1) is 17.9. The third-order valence-corrected chi connectivity index (χ3v) is 5.59. The van der Waals surface area contributed by atoms with E-state index in [1.807, 2.05) is 24.0 Å². The molecule has 0 saturated carbocycles. The van der Waals surface area contributed by atoms with Gasteiger partial charge in [0.1, 0.15) is 0 Å². The maximum atomic E-state index is 12.8. The van der Waals surface area contributed by atoms with E-state index >= 15 is 0 Å². The molecule has 6 nitrogen and oxygen atoms in total. The van der Waals surface area contributed by atoms with Gasteiger partial charge in [0.2, 0.25) is 5.91 Å². The Morgan fingerprint density at radius 3 is 2.48 bits per heavy atom. The number of pyridine rings is 1. The molecule has 0 aromatic carbocycles. The van der Waals surface area contributed by atoms with Crippen molar-refractivity contribution in [2.75, 3.05) is 13.1 Å². The summed E-state index contributed by atoms with van der Waals surface area (Å²) < 4.78 is 2.06. The van der Waals surface area contributed by atoms with E-state index in [9.17, 15) is 4.79 Å². The van der Waals surface area contributed by atoms with Gasteiger partial charge < -0.3 is 9.47 Å². The van der Waals surface area contributed by atoms with Crippen molar-refractivity contribution >= 4 is 17.7 Å². The Bertz CT molecular complexity index is 695. The van der Waals surface area contributed by atoms with Gasteiger partial charge in [-0.1, -0.05) is 24.6 Å². The molecular weight excluding hydrogens is 334 g/mol. The van der Waals surface area contributed by atoms with Crippen molar-refractivity contribution < 1.29 is 4.79 Å².